The molecular formula is C8H14NO2. The molecule has 0 saturated heterocycles. The molecule has 0 fully saturated rings. The largest absolute Gasteiger partial charge is 0.350 e. The predicted molar refractivity (Wildman–Crippen MR) is 42.9 cm³/mol. The Balaban J connectivity index is 3.44. The van der Waals surface area contributed by atoms with E-state index in [4.69, 9.17) is 0 Å². The minimum Gasteiger partial charge on any atom is -0.350 e. The van der Waals surface area contributed by atoms with Crippen LogP contribution in [0.25, 0.3) is 0 Å². The van der Waals surface area contributed by atoms with E-state index in [1.54, 1.807) is 6.92 Å². The van der Waals surface area contributed by atoms with Crippen molar-refractivity contribution in [3.05, 3.63) is 6.92 Å². The van der Waals surface area contributed by atoms with Gasteiger partial charge in [-0.2, -0.15) is 0 Å². The molecule has 1 amide bonds. The number of amides is 1. The van der Waals surface area contributed by atoms with E-state index in [1.807, 2.05) is 0 Å². The Bertz CT molecular complexity index is 143. The Hall–Kier alpha value is -0.860. The molecule has 0 saturated carbocycles. The van der Waals surface area contributed by atoms with E-state index in [-0.39, 0.29) is 12.2 Å². The van der Waals surface area contributed by atoms with E-state index in [0.29, 0.717) is 6.54 Å². The van der Waals surface area contributed by atoms with Gasteiger partial charge in [0.2, 0.25) is 5.78 Å². The van der Waals surface area contributed by atoms with Crippen molar-refractivity contribution < 1.29 is 9.59 Å². The second kappa shape index (κ2) is 5.89. The van der Waals surface area contributed by atoms with Gasteiger partial charge in [-0.15, -0.1) is 0 Å². The summed E-state index contributed by atoms with van der Waals surface area (Å²) in [6.45, 7) is 5.83. The first kappa shape index (κ1) is 10.1. The van der Waals surface area contributed by atoms with Gasteiger partial charge < -0.3 is 5.32 Å². The summed E-state index contributed by atoms with van der Waals surface area (Å²) >= 11 is 0. The highest BCUT2D eigenvalue weighted by Gasteiger charge is 2.08. The zero-order chi connectivity index (χ0) is 8.69. The minimum atomic E-state index is -0.471. The van der Waals surface area contributed by atoms with Gasteiger partial charge in [0.15, 0.2) is 0 Å². The van der Waals surface area contributed by atoms with Gasteiger partial charge in [0.1, 0.15) is 0 Å². The van der Waals surface area contributed by atoms with Gasteiger partial charge in [0.25, 0.3) is 5.91 Å². The molecule has 1 N–H and O–H groups in total. The van der Waals surface area contributed by atoms with Crippen molar-refractivity contribution in [2.24, 2.45) is 0 Å². The number of hydrogen-bond acceptors (Lipinski definition) is 2. The highest BCUT2D eigenvalue weighted by atomic mass is 16.2. The van der Waals surface area contributed by atoms with Gasteiger partial charge >= 0.3 is 0 Å². The van der Waals surface area contributed by atoms with Crippen LogP contribution in [-0.4, -0.2) is 18.2 Å². The first-order valence-electron chi connectivity index (χ1n) is 3.82. The first-order valence-corrected chi connectivity index (χ1v) is 3.82. The molecule has 0 heterocycles. The average molecular weight is 156 g/mol. The smallest absolute Gasteiger partial charge is 0.287 e. The van der Waals surface area contributed by atoms with Crippen molar-refractivity contribution in [3.8, 4) is 0 Å². The maximum Gasteiger partial charge on any atom is 0.287 e. The third-order valence-electron chi connectivity index (χ3n) is 1.29. The summed E-state index contributed by atoms with van der Waals surface area (Å²) in [6, 6.07) is 0. The number of nitrogens with one attached hydrogen (secondary N) is 1. The Morgan fingerprint density at radius 1 is 1.45 bits per heavy atom. The van der Waals surface area contributed by atoms with Gasteiger partial charge in [-0.05, 0) is 6.42 Å². The van der Waals surface area contributed by atoms with Gasteiger partial charge in [0, 0.05) is 13.0 Å². The molecule has 0 atom stereocenters. The van der Waals surface area contributed by atoms with Crippen LogP contribution in [0.3, 0.4) is 0 Å². The predicted octanol–water partition coefficient (Wildman–Crippen LogP) is 0.696. The number of Topliss-reactive ketones (excluding diaryl/α,β-unsaturated/α-hetero) is 1. The van der Waals surface area contributed by atoms with Crippen LogP contribution in [0.1, 0.15) is 26.2 Å². The van der Waals surface area contributed by atoms with Crippen molar-refractivity contribution >= 4 is 11.7 Å². The van der Waals surface area contributed by atoms with Crippen LogP contribution in [0.4, 0.5) is 0 Å². The second-order valence-corrected chi connectivity index (χ2v) is 2.24. The lowest BCUT2D eigenvalue weighted by Crippen LogP contribution is -2.31. The molecule has 3 nitrogen and oxygen atoms in total. The Labute approximate surface area is 67.2 Å². The molecule has 63 valence electrons. The summed E-state index contributed by atoms with van der Waals surface area (Å²) in [4.78, 5) is 21.4. The molecule has 0 bridgehead atoms. The number of rotatable bonds is 5. The number of carbonyl (C=O) groups excluding carboxylic acids is 2. The Morgan fingerprint density at radius 2 is 2.09 bits per heavy atom. The fraction of sp³-hybridized carbons (Fsp3) is 0.625. The monoisotopic (exact) mass is 156 g/mol. The molecule has 0 aromatic rings. The molecule has 0 aliphatic heterocycles. The average Bonchev–Trinajstić information content (AvgIpc) is 2.03. The van der Waals surface area contributed by atoms with Crippen molar-refractivity contribution in [2.45, 2.75) is 26.2 Å². The summed E-state index contributed by atoms with van der Waals surface area (Å²) < 4.78 is 0. The molecule has 0 aliphatic rings. The third-order valence-corrected chi connectivity index (χ3v) is 1.29. The summed E-state index contributed by atoms with van der Waals surface area (Å²) in [6.07, 6.45) is 1.87. The normalized spacial score (nSPS) is 9.27. The van der Waals surface area contributed by atoms with E-state index < -0.39 is 5.91 Å². The zero-order valence-corrected chi connectivity index (χ0v) is 6.85. The van der Waals surface area contributed by atoms with E-state index in [9.17, 15) is 9.59 Å². The van der Waals surface area contributed by atoms with Crippen molar-refractivity contribution in [3.63, 3.8) is 0 Å². The topological polar surface area (TPSA) is 46.2 Å². The van der Waals surface area contributed by atoms with E-state index in [2.05, 4.69) is 12.2 Å². The fourth-order valence-electron chi connectivity index (χ4n) is 0.586. The maximum absolute atomic E-state index is 10.8. The lowest BCUT2D eigenvalue weighted by Gasteiger charge is -2.00. The lowest BCUT2D eigenvalue weighted by atomic mass is 10.3. The van der Waals surface area contributed by atoms with Crippen LogP contribution >= 0.6 is 0 Å². The van der Waals surface area contributed by atoms with Crippen LogP contribution in [0.5, 0.6) is 0 Å². The Morgan fingerprint density at radius 3 is 2.55 bits per heavy atom. The van der Waals surface area contributed by atoms with Crippen LogP contribution < -0.4 is 5.32 Å². The molecule has 0 aromatic heterocycles. The summed E-state index contributed by atoms with van der Waals surface area (Å²) in [5.74, 6) is -0.824. The van der Waals surface area contributed by atoms with Crippen molar-refractivity contribution in [1.82, 2.24) is 5.32 Å². The maximum atomic E-state index is 10.8. The number of carbonyl (C=O) groups is 2. The molecule has 0 rings (SSSR count). The first-order chi connectivity index (χ1) is 5.22. The van der Waals surface area contributed by atoms with E-state index in [0.717, 1.165) is 12.8 Å². The molecule has 0 aromatic carbocycles. The van der Waals surface area contributed by atoms with Gasteiger partial charge in [-0.1, -0.05) is 20.3 Å². The fourth-order valence-corrected chi connectivity index (χ4v) is 0.586. The molecule has 0 spiro atoms. The molecular weight excluding hydrogens is 142 g/mol. The van der Waals surface area contributed by atoms with Crippen molar-refractivity contribution in [2.75, 3.05) is 6.54 Å². The highest BCUT2D eigenvalue weighted by molar-refractivity contribution is 6.36. The molecule has 11 heavy (non-hydrogen) atoms. The summed E-state index contributed by atoms with van der Waals surface area (Å²) in [5, 5.41) is 2.51. The minimum absolute atomic E-state index is 0.274. The number of hydrogen-bond donors (Lipinski definition) is 1. The molecule has 1 radical (unpaired) electrons. The van der Waals surface area contributed by atoms with Gasteiger partial charge in [0.05, 0.1) is 0 Å². The Kier molecular flexibility index (Phi) is 5.43. The van der Waals surface area contributed by atoms with Gasteiger partial charge in [-0.3, -0.25) is 9.59 Å². The van der Waals surface area contributed by atoms with Crippen LogP contribution in [-0.2, 0) is 9.59 Å². The SMILES string of the molecule is [CH2]CCCNC(=O)C(=O)CC. The third kappa shape index (κ3) is 4.53. The quantitative estimate of drug-likeness (QED) is 0.470. The standard InChI is InChI=1S/C8H14NO2/c1-3-5-6-9-8(11)7(10)4-2/h1,3-6H2,2H3,(H,9,11). The molecule has 0 aliphatic carbocycles. The lowest BCUT2D eigenvalue weighted by molar-refractivity contribution is -0.137. The number of unbranched alkanes of at least 4 members (excludes halogenated alkanes) is 1. The van der Waals surface area contributed by atoms with Crippen LogP contribution in [0.15, 0.2) is 0 Å². The van der Waals surface area contributed by atoms with Crippen LogP contribution in [0.2, 0.25) is 0 Å². The molecule has 0 unspecified atom stereocenters. The number of ketones is 1. The summed E-state index contributed by atoms with van der Waals surface area (Å²) in [7, 11) is 0. The molecule has 3 heteroatoms. The second-order valence-electron chi connectivity index (χ2n) is 2.24. The van der Waals surface area contributed by atoms with Crippen molar-refractivity contribution in [1.29, 1.82) is 0 Å². The highest BCUT2D eigenvalue weighted by Crippen LogP contribution is 1.84. The van der Waals surface area contributed by atoms with Crippen LogP contribution in [0, 0.1) is 6.92 Å². The zero-order valence-electron chi connectivity index (χ0n) is 6.85. The van der Waals surface area contributed by atoms with Gasteiger partial charge in [-0.25, -0.2) is 0 Å². The van der Waals surface area contributed by atoms with E-state index >= 15 is 0 Å². The summed E-state index contributed by atoms with van der Waals surface area (Å²) in [5.41, 5.74) is 0. The van der Waals surface area contributed by atoms with E-state index in [1.165, 1.54) is 0 Å².